The number of piperazine rings is 1. The van der Waals surface area contributed by atoms with E-state index in [4.69, 9.17) is 0 Å². The summed E-state index contributed by atoms with van der Waals surface area (Å²) in [5.74, 6) is 0. The molecule has 2 aliphatic heterocycles. The molecule has 2 aromatic rings. The minimum Gasteiger partial charge on any atom is -0.301 e. The van der Waals surface area contributed by atoms with Crippen LogP contribution in [0.25, 0.3) is 10.9 Å². The smallest absolute Gasteiger partial charge is 0.301 e. The lowest BCUT2D eigenvalue weighted by Gasteiger charge is -2.37. The maximum absolute atomic E-state index is 13.3. The van der Waals surface area contributed by atoms with E-state index in [1.165, 1.54) is 28.6 Å². The number of benzene rings is 1. The van der Waals surface area contributed by atoms with Crippen molar-refractivity contribution in [3.05, 3.63) is 34.4 Å². The van der Waals surface area contributed by atoms with Crippen LogP contribution in [0.4, 0.5) is 13.2 Å². The van der Waals surface area contributed by atoms with E-state index < -0.39 is 17.4 Å². The summed E-state index contributed by atoms with van der Waals surface area (Å²) < 4.78 is 41.3. The second-order valence-corrected chi connectivity index (χ2v) is 8.38. The molecule has 4 rings (SSSR count). The third-order valence-electron chi connectivity index (χ3n) is 5.30. The van der Waals surface area contributed by atoms with Crippen LogP contribution in [0.1, 0.15) is 12.5 Å². The predicted molar refractivity (Wildman–Crippen MR) is 99.2 cm³/mol. The maximum Gasteiger partial charge on any atom is 0.416 e. The average molecular weight is 398 g/mol. The first kappa shape index (κ1) is 18.8. The molecular formula is C18H21F3N4OS. The van der Waals surface area contributed by atoms with Crippen LogP contribution in [0, 0.1) is 0 Å². The van der Waals surface area contributed by atoms with Gasteiger partial charge >= 0.3 is 11.9 Å². The second kappa shape index (κ2) is 7.10. The van der Waals surface area contributed by atoms with Gasteiger partial charge < -0.3 is 4.90 Å². The number of likely N-dealkylation sites (N-methyl/N-ethyl adjacent to an activating group) is 1. The second-order valence-electron chi connectivity index (χ2n) is 7.04. The fourth-order valence-corrected chi connectivity index (χ4v) is 5.22. The zero-order chi connectivity index (χ0) is 19.2. The Bertz CT molecular complexity index is 906. The Balaban J connectivity index is 1.63. The summed E-state index contributed by atoms with van der Waals surface area (Å²) in [5, 5.41) is 0.390. The summed E-state index contributed by atoms with van der Waals surface area (Å²) in [7, 11) is 0. The maximum atomic E-state index is 13.3. The van der Waals surface area contributed by atoms with Gasteiger partial charge in [0, 0.05) is 61.0 Å². The van der Waals surface area contributed by atoms with Gasteiger partial charge in [-0.25, -0.2) is 9.78 Å². The molecule has 0 saturated carbocycles. The van der Waals surface area contributed by atoms with E-state index in [1.54, 1.807) is 0 Å². The highest BCUT2D eigenvalue weighted by Crippen LogP contribution is 2.40. The fraction of sp³-hybridized carbons (Fsp3) is 0.556. The van der Waals surface area contributed by atoms with Crippen LogP contribution >= 0.6 is 11.8 Å². The molecule has 0 N–H and O–H groups in total. The number of thioether (sulfide) groups is 1. The van der Waals surface area contributed by atoms with Crippen molar-refractivity contribution in [1.82, 2.24) is 19.4 Å². The number of hydrogen-bond donors (Lipinski definition) is 0. The summed E-state index contributed by atoms with van der Waals surface area (Å²) in [6.45, 7) is 8.28. The standard InChI is InChI=1S/C18H21F3N4OS/c1-2-23-3-5-24(6-4-23)10-14-11-25-16-12(9-22-17(25)26)7-13(18(19,20)21)8-15(16)27-14/h7-9,14H,2-6,10-11H2,1H3. The van der Waals surface area contributed by atoms with E-state index in [1.807, 2.05) is 0 Å². The van der Waals surface area contributed by atoms with Crippen molar-refractivity contribution in [3.63, 3.8) is 0 Å². The molecule has 0 radical (unpaired) electrons. The lowest BCUT2D eigenvalue weighted by atomic mass is 10.1. The highest BCUT2D eigenvalue weighted by molar-refractivity contribution is 8.00. The Morgan fingerprint density at radius 1 is 1.19 bits per heavy atom. The average Bonchev–Trinajstić information content (AvgIpc) is 2.64. The molecular weight excluding hydrogens is 377 g/mol. The van der Waals surface area contributed by atoms with Crippen molar-refractivity contribution >= 4 is 22.7 Å². The number of alkyl halides is 3. The Hall–Kier alpha value is -1.58. The molecule has 1 aromatic carbocycles. The van der Waals surface area contributed by atoms with E-state index in [-0.39, 0.29) is 5.25 Å². The third-order valence-corrected chi connectivity index (χ3v) is 6.50. The van der Waals surface area contributed by atoms with Gasteiger partial charge in [0.05, 0.1) is 11.1 Å². The predicted octanol–water partition coefficient (Wildman–Crippen LogP) is 2.53. The van der Waals surface area contributed by atoms with Gasteiger partial charge in [0.1, 0.15) is 0 Å². The molecule has 1 aromatic heterocycles. The molecule has 0 aliphatic carbocycles. The lowest BCUT2D eigenvalue weighted by Crippen LogP contribution is -2.48. The van der Waals surface area contributed by atoms with Crippen molar-refractivity contribution in [2.75, 3.05) is 39.3 Å². The first-order valence-electron chi connectivity index (χ1n) is 9.07. The van der Waals surface area contributed by atoms with E-state index in [0.717, 1.165) is 45.3 Å². The van der Waals surface area contributed by atoms with Crippen LogP contribution in [0.15, 0.2) is 28.0 Å². The van der Waals surface area contributed by atoms with Crippen molar-refractivity contribution in [3.8, 4) is 0 Å². The highest BCUT2D eigenvalue weighted by Gasteiger charge is 2.34. The molecule has 0 bridgehead atoms. The molecule has 1 unspecified atom stereocenters. The molecule has 1 atom stereocenters. The number of rotatable bonds is 3. The molecule has 2 aliphatic rings. The Morgan fingerprint density at radius 2 is 1.89 bits per heavy atom. The minimum atomic E-state index is -4.42. The molecule has 1 fully saturated rings. The van der Waals surface area contributed by atoms with Gasteiger partial charge in [-0.2, -0.15) is 13.2 Å². The summed E-state index contributed by atoms with van der Waals surface area (Å²) in [4.78, 5) is 21.3. The topological polar surface area (TPSA) is 41.4 Å². The zero-order valence-electron chi connectivity index (χ0n) is 15.0. The molecule has 146 valence electrons. The first-order valence-corrected chi connectivity index (χ1v) is 9.95. The van der Waals surface area contributed by atoms with Crippen LogP contribution in [0.5, 0.6) is 0 Å². The number of hydrogen-bond acceptors (Lipinski definition) is 5. The van der Waals surface area contributed by atoms with Crippen LogP contribution < -0.4 is 5.69 Å². The molecule has 1 saturated heterocycles. The molecule has 9 heteroatoms. The first-order chi connectivity index (χ1) is 12.8. The van der Waals surface area contributed by atoms with Crippen LogP contribution in [-0.4, -0.2) is 63.9 Å². The SMILES string of the molecule is CCN1CCN(CC2Cn3c(=O)ncc4cc(C(F)(F)F)cc(c43)S2)CC1. The van der Waals surface area contributed by atoms with Crippen LogP contribution in [-0.2, 0) is 12.7 Å². The molecule has 3 heterocycles. The van der Waals surface area contributed by atoms with E-state index in [0.29, 0.717) is 22.3 Å². The fourth-order valence-electron chi connectivity index (χ4n) is 3.82. The van der Waals surface area contributed by atoms with Gasteiger partial charge in [-0.1, -0.05) is 6.92 Å². The van der Waals surface area contributed by atoms with E-state index in [9.17, 15) is 18.0 Å². The van der Waals surface area contributed by atoms with Crippen molar-refractivity contribution in [2.45, 2.75) is 29.8 Å². The summed E-state index contributed by atoms with van der Waals surface area (Å²) in [6, 6.07) is 2.25. The number of aromatic nitrogens is 2. The van der Waals surface area contributed by atoms with E-state index >= 15 is 0 Å². The van der Waals surface area contributed by atoms with Gasteiger partial charge in [0.15, 0.2) is 0 Å². The largest absolute Gasteiger partial charge is 0.416 e. The van der Waals surface area contributed by atoms with Crippen molar-refractivity contribution < 1.29 is 13.2 Å². The van der Waals surface area contributed by atoms with Crippen LogP contribution in [0.3, 0.4) is 0 Å². The Morgan fingerprint density at radius 3 is 2.56 bits per heavy atom. The molecule has 0 amide bonds. The molecule has 27 heavy (non-hydrogen) atoms. The van der Waals surface area contributed by atoms with Gasteiger partial charge in [0.2, 0.25) is 0 Å². The quantitative estimate of drug-likeness (QED) is 0.795. The van der Waals surface area contributed by atoms with Crippen molar-refractivity contribution in [1.29, 1.82) is 0 Å². The van der Waals surface area contributed by atoms with Gasteiger partial charge in [-0.05, 0) is 18.7 Å². The summed E-state index contributed by atoms with van der Waals surface area (Å²) >= 11 is 1.45. The van der Waals surface area contributed by atoms with Gasteiger partial charge in [0.25, 0.3) is 0 Å². The van der Waals surface area contributed by atoms with Gasteiger partial charge in [-0.3, -0.25) is 9.47 Å². The normalized spacial score (nSPS) is 21.7. The Labute approximate surface area is 159 Å². The minimum absolute atomic E-state index is 0.0271. The van der Waals surface area contributed by atoms with Gasteiger partial charge in [-0.15, -0.1) is 11.8 Å². The number of nitrogens with zero attached hydrogens (tertiary/aromatic N) is 4. The lowest BCUT2D eigenvalue weighted by molar-refractivity contribution is -0.137. The Kier molecular flexibility index (Phi) is 4.94. The third kappa shape index (κ3) is 3.72. The highest BCUT2D eigenvalue weighted by atomic mass is 32.2. The van der Waals surface area contributed by atoms with E-state index in [2.05, 4.69) is 21.7 Å². The monoisotopic (exact) mass is 398 g/mol. The molecule has 0 spiro atoms. The summed E-state index contributed by atoms with van der Waals surface area (Å²) in [6.07, 6.45) is -3.17. The zero-order valence-corrected chi connectivity index (χ0v) is 15.8. The van der Waals surface area contributed by atoms with Crippen molar-refractivity contribution in [2.24, 2.45) is 0 Å². The van der Waals surface area contributed by atoms with Crippen LogP contribution in [0.2, 0.25) is 0 Å². The number of halogens is 3. The molecule has 5 nitrogen and oxygen atoms in total. The summed E-state index contributed by atoms with van der Waals surface area (Å²) in [5.41, 5.74) is -0.522.